The first-order valence-electron chi connectivity index (χ1n) is 4.71. The van der Waals surface area contributed by atoms with E-state index < -0.39 is 5.91 Å². The van der Waals surface area contributed by atoms with E-state index in [-0.39, 0.29) is 0 Å². The van der Waals surface area contributed by atoms with Gasteiger partial charge in [0.05, 0.1) is 5.56 Å². The highest BCUT2D eigenvalue weighted by Gasteiger charge is 2.03. The van der Waals surface area contributed by atoms with Gasteiger partial charge in [0.2, 0.25) is 5.91 Å². The van der Waals surface area contributed by atoms with Crippen molar-refractivity contribution in [3.8, 4) is 5.69 Å². The number of carbonyl (C=O) groups excluding carboxylic acids is 1. The standard InChI is InChI=1S/C12H12N2O/c1-9-2-4-11(5-3-9)14-7-6-10(8-14)12(13)15/h2-8H,1H3,(H2,13,15). The molecule has 0 fully saturated rings. The number of nitrogens with zero attached hydrogens (tertiary/aromatic N) is 1. The molecule has 2 aromatic rings. The average Bonchev–Trinajstić information content (AvgIpc) is 2.68. The Morgan fingerprint density at radius 1 is 1.20 bits per heavy atom. The van der Waals surface area contributed by atoms with Gasteiger partial charge in [-0.2, -0.15) is 0 Å². The largest absolute Gasteiger partial charge is 0.366 e. The van der Waals surface area contributed by atoms with E-state index in [0.717, 1.165) is 5.69 Å². The molecule has 3 nitrogen and oxygen atoms in total. The summed E-state index contributed by atoms with van der Waals surface area (Å²) in [5.41, 5.74) is 7.93. The molecule has 1 amide bonds. The number of aromatic nitrogens is 1. The molecular formula is C12H12N2O. The minimum Gasteiger partial charge on any atom is -0.366 e. The highest BCUT2D eigenvalue weighted by atomic mass is 16.1. The number of carbonyl (C=O) groups is 1. The molecule has 0 atom stereocenters. The van der Waals surface area contributed by atoms with Crippen LogP contribution < -0.4 is 5.73 Å². The molecule has 2 rings (SSSR count). The summed E-state index contributed by atoms with van der Waals surface area (Å²) < 4.78 is 1.87. The molecule has 2 N–H and O–H groups in total. The molecular weight excluding hydrogens is 188 g/mol. The zero-order chi connectivity index (χ0) is 10.8. The number of primary amides is 1. The molecule has 0 saturated heterocycles. The Balaban J connectivity index is 2.37. The van der Waals surface area contributed by atoms with Crippen LogP contribution in [-0.2, 0) is 0 Å². The van der Waals surface area contributed by atoms with Crippen molar-refractivity contribution >= 4 is 5.91 Å². The van der Waals surface area contributed by atoms with Gasteiger partial charge < -0.3 is 10.3 Å². The van der Waals surface area contributed by atoms with E-state index in [1.54, 1.807) is 12.3 Å². The predicted molar refractivity (Wildman–Crippen MR) is 59.0 cm³/mol. The van der Waals surface area contributed by atoms with E-state index in [1.807, 2.05) is 42.0 Å². The topological polar surface area (TPSA) is 48.0 Å². The van der Waals surface area contributed by atoms with Crippen LogP contribution in [0.25, 0.3) is 5.69 Å². The van der Waals surface area contributed by atoms with Crippen LogP contribution in [0.2, 0.25) is 0 Å². The Kier molecular flexibility index (Phi) is 2.29. The summed E-state index contributed by atoms with van der Waals surface area (Å²) in [6.07, 6.45) is 3.55. The van der Waals surface area contributed by atoms with Crippen molar-refractivity contribution in [2.75, 3.05) is 0 Å². The fourth-order valence-corrected chi connectivity index (χ4v) is 1.42. The molecule has 0 radical (unpaired) electrons. The van der Waals surface area contributed by atoms with Gasteiger partial charge in [-0.05, 0) is 25.1 Å². The molecule has 0 unspecified atom stereocenters. The van der Waals surface area contributed by atoms with Gasteiger partial charge in [0.1, 0.15) is 0 Å². The van der Waals surface area contributed by atoms with E-state index in [1.165, 1.54) is 5.56 Å². The van der Waals surface area contributed by atoms with Crippen molar-refractivity contribution in [2.24, 2.45) is 5.73 Å². The zero-order valence-corrected chi connectivity index (χ0v) is 8.47. The number of aryl methyl sites for hydroxylation is 1. The first-order chi connectivity index (χ1) is 7.16. The van der Waals surface area contributed by atoms with Crippen molar-refractivity contribution in [3.05, 3.63) is 53.9 Å². The van der Waals surface area contributed by atoms with Gasteiger partial charge in [-0.15, -0.1) is 0 Å². The van der Waals surface area contributed by atoms with Crippen molar-refractivity contribution in [2.45, 2.75) is 6.92 Å². The molecule has 0 aliphatic rings. The van der Waals surface area contributed by atoms with Gasteiger partial charge in [-0.3, -0.25) is 4.79 Å². The summed E-state index contributed by atoms with van der Waals surface area (Å²) in [4.78, 5) is 10.9. The summed E-state index contributed by atoms with van der Waals surface area (Å²) in [6.45, 7) is 2.04. The van der Waals surface area contributed by atoms with E-state index in [4.69, 9.17) is 5.73 Å². The summed E-state index contributed by atoms with van der Waals surface area (Å²) in [6, 6.07) is 9.76. The smallest absolute Gasteiger partial charge is 0.250 e. The van der Waals surface area contributed by atoms with Gasteiger partial charge in [0.25, 0.3) is 0 Å². The number of amides is 1. The third-order valence-electron chi connectivity index (χ3n) is 2.31. The monoisotopic (exact) mass is 200 g/mol. The fourth-order valence-electron chi connectivity index (χ4n) is 1.42. The molecule has 0 spiro atoms. The lowest BCUT2D eigenvalue weighted by atomic mass is 10.2. The van der Waals surface area contributed by atoms with Crippen LogP contribution in [0.5, 0.6) is 0 Å². The molecule has 76 valence electrons. The van der Waals surface area contributed by atoms with Crippen LogP contribution >= 0.6 is 0 Å². The Morgan fingerprint density at radius 3 is 2.40 bits per heavy atom. The van der Waals surface area contributed by atoms with Gasteiger partial charge >= 0.3 is 0 Å². The van der Waals surface area contributed by atoms with Crippen LogP contribution in [0.1, 0.15) is 15.9 Å². The number of hydrogen-bond donors (Lipinski definition) is 1. The number of hydrogen-bond acceptors (Lipinski definition) is 1. The van der Waals surface area contributed by atoms with E-state index in [2.05, 4.69) is 0 Å². The van der Waals surface area contributed by atoms with Crippen molar-refractivity contribution in [1.29, 1.82) is 0 Å². The third-order valence-corrected chi connectivity index (χ3v) is 2.31. The lowest BCUT2D eigenvalue weighted by Gasteiger charge is -2.02. The van der Waals surface area contributed by atoms with Gasteiger partial charge in [0, 0.05) is 18.1 Å². The minimum absolute atomic E-state index is 0.402. The fraction of sp³-hybridized carbons (Fsp3) is 0.0833. The quantitative estimate of drug-likeness (QED) is 0.790. The second-order valence-corrected chi connectivity index (χ2v) is 3.51. The third kappa shape index (κ3) is 1.91. The van der Waals surface area contributed by atoms with Crippen molar-refractivity contribution < 1.29 is 4.79 Å². The lowest BCUT2D eigenvalue weighted by Crippen LogP contribution is -2.09. The molecule has 0 aliphatic carbocycles. The molecule has 3 heteroatoms. The van der Waals surface area contributed by atoms with Gasteiger partial charge in [-0.1, -0.05) is 17.7 Å². The molecule has 15 heavy (non-hydrogen) atoms. The lowest BCUT2D eigenvalue weighted by molar-refractivity contribution is 0.100. The maximum Gasteiger partial charge on any atom is 0.250 e. The highest BCUT2D eigenvalue weighted by Crippen LogP contribution is 2.11. The Labute approximate surface area is 88.1 Å². The van der Waals surface area contributed by atoms with Crippen molar-refractivity contribution in [3.63, 3.8) is 0 Å². The maximum absolute atomic E-state index is 10.9. The second kappa shape index (κ2) is 3.61. The van der Waals surface area contributed by atoms with E-state index in [0.29, 0.717) is 5.56 Å². The van der Waals surface area contributed by atoms with E-state index >= 15 is 0 Å². The molecule has 1 heterocycles. The van der Waals surface area contributed by atoms with Crippen LogP contribution in [0, 0.1) is 6.92 Å². The molecule has 0 aliphatic heterocycles. The van der Waals surface area contributed by atoms with Crippen molar-refractivity contribution in [1.82, 2.24) is 4.57 Å². The minimum atomic E-state index is -0.402. The van der Waals surface area contributed by atoms with Gasteiger partial charge in [0.15, 0.2) is 0 Å². The number of rotatable bonds is 2. The summed E-state index contributed by atoms with van der Waals surface area (Å²) in [5.74, 6) is -0.402. The first kappa shape index (κ1) is 9.52. The number of nitrogens with two attached hydrogens (primary N) is 1. The van der Waals surface area contributed by atoms with Crippen LogP contribution in [0.3, 0.4) is 0 Å². The predicted octanol–water partition coefficient (Wildman–Crippen LogP) is 1.88. The summed E-state index contributed by atoms with van der Waals surface area (Å²) >= 11 is 0. The normalized spacial score (nSPS) is 10.2. The molecule has 1 aromatic carbocycles. The van der Waals surface area contributed by atoms with E-state index in [9.17, 15) is 4.79 Å². The Bertz CT molecular complexity index is 483. The van der Waals surface area contributed by atoms with Crippen LogP contribution in [-0.4, -0.2) is 10.5 Å². The maximum atomic E-state index is 10.9. The van der Waals surface area contributed by atoms with Crippen LogP contribution in [0.15, 0.2) is 42.7 Å². The summed E-state index contributed by atoms with van der Waals surface area (Å²) in [5, 5.41) is 0. The first-order valence-corrected chi connectivity index (χ1v) is 4.71. The summed E-state index contributed by atoms with van der Waals surface area (Å²) in [7, 11) is 0. The molecule has 1 aromatic heterocycles. The van der Waals surface area contributed by atoms with Crippen LogP contribution in [0.4, 0.5) is 0 Å². The number of benzene rings is 1. The Morgan fingerprint density at radius 2 is 1.87 bits per heavy atom. The molecule has 0 saturated carbocycles. The molecule has 0 bridgehead atoms. The zero-order valence-electron chi connectivity index (χ0n) is 8.47. The second-order valence-electron chi connectivity index (χ2n) is 3.51. The SMILES string of the molecule is Cc1ccc(-n2ccc(C(N)=O)c2)cc1. The highest BCUT2D eigenvalue weighted by molar-refractivity contribution is 5.92. The van der Waals surface area contributed by atoms with Gasteiger partial charge in [-0.25, -0.2) is 0 Å². The Hall–Kier alpha value is -2.03. The average molecular weight is 200 g/mol.